The Morgan fingerprint density at radius 2 is 1.91 bits per heavy atom. The lowest BCUT2D eigenvalue weighted by Gasteiger charge is -2.20. The average Bonchev–Trinajstić information content (AvgIpc) is 2.84. The highest BCUT2D eigenvalue weighted by molar-refractivity contribution is 6.03. The van der Waals surface area contributed by atoms with Crippen LogP contribution in [-0.2, 0) is 5.54 Å². The number of aromatic nitrogens is 3. The topological polar surface area (TPSA) is 99.8 Å². The number of para-hydroxylation sites is 1. The molecule has 0 fully saturated rings. The third-order valence-electron chi connectivity index (χ3n) is 3.67. The maximum Gasteiger partial charge on any atom is 0.254 e. The summed E-state index contributed by atoms with van der Waals surface area (Å²) in [4.78, 5) is 16.3. The van der Waals surface area contributed by atoms with Gasteiger partial charge in [-0.3, -0.25) is 9.78 Å². The second kappa shape index (κ2) is 5.08. The Kier molecular flexibility index (Phi) is 3.32. The number of rotatable bonds is 2. The first-order chi connectivity index (χ1) is 10.8. The van der Waals surface area contributed by atoms with Crippen LogP contribution in [0, 0.1) is 0 Å². The zero-order chi connectivity index (χ0) is 16.8. The van der Waals surface area contributed by atoms with Gasteiger partial charge in [-0.15, -0.1) is 0 Å². The quantitative estimate of drug-likeness (QED) is 0.759. The molecule has 6 nitrogen and oxygen atoms in total. The molecule has 1 amide bonds. The van der Waals surface area contributed by atoms with Crippen molar-refractivity contribution in [2.45, 2.75) is 26.3 Å². The van der Waals surface area contributed by atoms with Gasteiger partial charge in [-0.25, -0.2) is 4.68 Å². The molecule has 4 N–H and O–H groups in total. The number of fused-ring (bicyclic) bond motifs is 1. The van der Waals surface area contributed by atoms with Gasteiger partial charge < -0.3 is 11.5 Å². The molecule has 0 atom stereocenters. The molecule has 1 aromatic carbocycles. The van der Waals surface area contributed by atoms with E-state index >= 15 is 0 Å². The molecule has 3 aromatic rings. The number of amides is 1. The van der Waals surface area contributed by atoms with Crippen LogP contribution in [0.2, 0.25) is 0 Å². The van der Waals surface area contributed by atoms with Crippen LogP contribution < -0.4 is 11.5 Å². The van der Waals surface area contributed by atoms with Crippen molar-refractivity contribution in [3.63, 3.8) is 0 Å². The monoisotopic (exact) mass is 309 g/mol. The number of benzene rings is 1. The number of nitrogen functional groups attached to an aromatic ring is 1. The Morgan fingerprint density at radius 3 is 2.57 bits per heavy atom. The maximum atomic E-state index is 11.9. The summed E-state index contributed by atoms with van der Waals surface area (Å²) in [5.74, 6) is -0.325. The number of hydrogen-bond acceptors (Lipinski definition) is 4. The van der Waals surface area contributed by atoms with E-state index in [-0.39, 0.29) is 16.9 Å². The van der Waals surface area contributed by atoms with Gasteiger partial charge in [0, 0.05) is 17.1 Å². The molecule has 0 aliphatic carbocycles. The second-order valence-corrected chi connectivity index (χ2v) is 6.47. The van der Waals surface area contributed by atoms with Crippen molar-refractivity contribution >= 4 is 22.6 Å². The van der Waals surface area contributed by atoms with Gasteiger partial charge in [0.2, 0.25) is 0 Å². The Hall–Kier alpha value is -2.89. The molecule has 0 aliphatic rings. The van der Waals surface area contributed by atoms with E-state index in [1.165, 1.54) is 0 Å². The molecule has 0 saturated heterocycles. The van der Waals surface area contributed by atoms with Crippen molar-refractivity contribution in [2.24, 2.45) is 5.73 Å². The van der Waals surface area contributed by atoms with Gasteiger partial charge in [0.25, 0.3) is 5.91 Å². The fourth-order valence-corrected chi connectivity index (χ4v) is 2.59. The largest absolute Gasteiger partial charge is 0.383 e. The van der Waals surface area contributed by atoms with Gasteiger partial charge >= 0.3 is 0 Å². The third-order valence-corrected chi connectivity index (χ3v) is 3.67. The number of nitrogens with zero attached hydrogens (tertiary/aromatic N) is 3. The molecule has 23 heavy (non-hydrogen) atoms. The van der Waals surface area contributed by atoms with Crippen LogP contribution in [0.4, 0.5) is 5.82 Å². The van der Waals surface area contributed by atoms with Gasteiger partial charge in [0.05, 0.1) is 11.1 Å². The summed E-state index contributed by atoms with van der Waals surface area (Å²) < 4.78 is 1.62. The molecule has 0 unspecified atom stereocenters. The highest BCUT2D eigenvalue weighted by Crippen LogP contribution is 2.31. The second-order valence-electron chi connectivity index (χ2n) is 6.47. The number of primary amides is 1. The van der Waals surface area contributed by atoms with E-state index < -0.39 is 5.91 Å². The van der Waals surface area contributed by atoms with Crippen molar-refractivity contribution in [1.29, 1.82) is 0 Å². The summed E-state index contributed by atoms with van der Waals surface area (Å²) in [6.07, 6.45) is 1.68. The lowest BCUT2D eigenvalue weighted by atomic mass is 10.1. The third kappa shape index (κ3) is 2.52. The number of hydrogen-bond donors (Lipinski definition) is 2. The van der Waals surface area contributed by atoms with Gasteiger partial charge in [0.15, 0.2) is 0 Å². The Morgan fingerprint density at radius 1 is 1.22 bits per heavy atom. The summed E-state index contributed by atoms with van der Waals surface area (Å²) in [6, 6.07) is 9.68. The molecule has 2 heterocycles. The molecule has 118 valence electrons. The zero-order valence-electron chi connectivity index (χ0n) is 13.4. The molecule has 0 radical (unpaired) electrons. The summed E-state index contributed by atoms with van der Waals surface area (Å²) in [7, 11) is 0. The lowest BCUT2D eigenvalue weighted by Crippen LogP contribution is -2.25. The average molecular weight is 309 g/mol. The number of nitrogens with two attached hydrogens (primary N) is 2. The van der Waals surface area contributed by atoms with Crippen LogP contribution in [0.3, 0.4) is 0 Å². The Balaban J connectivity index is 2.27. The van der Waals surface area contributed by atoms with Gasteiger partial charge in [0.1, 0.15) is 17.1 Å². The van der Waals surface area contributed by atoms with Gasteiger partial charge in [-0.1, -0.05) is 18.2 Å². The van der Waals surface area contributed by atoms with E-state index in [1.54, 1.807) is 10.9 Å². The molecular formula is C17H19N5O. The summed E-state index contributed by atoms with van der Waals surface area (Å²) in [5, 5.41) is 5.49. The highest BCUT2D eigenvalue weighted by atomic mass is 16.1. The number of carbonyl (C=O) groups excluding carboxylic acids is 1. The van der Waals surface area contributed by atoms with E-state index in [4.69, 9.17) is 11.5 Å². The van der Waals surface area contributed by atoms with E-state index in [9.17, 15) is 4.79 Å². The standard InChI is InChI=1S/C17H19N5O/c1-17(2,3)22-15(18)13(16(19)23)14(21-22)11-8-10-6-4-5-7-12(10)20-9-11/h4-9H,18H2,1-3H3,(H2,19,23). The van der Waals surface area contributed by atoms with Crippen LogP contribution in [0.15, 0.2) is 36.5 Å². The normalized spacial score (nSPS) is 11.8. The number of anilines is 1. The smallest absolute Gasteiger partial charge is 0.254 e. The van der Waals surface area contributed by atoms with Gasteiger partial charge in [-0.2, -0.15) is 5.10 Å². The fourth-order valence-electron chi connectivity index (χ4n) is 2.59. The number of pyridine rings is 1. The van der Waals surface area contributed by atoms with Crippen LogP contribution in [0.5, 0.6) is 0 Å². The zero-order valence-corrected chi connectivity index (χ0v) is 13.4. The van der Waals surface area contributed by atoms with Crippen molar-refractivity contribution in [3.8, 4) is 11.3 Å². The Bertz CT molecular complexity index is 905. The lowest BCUT2D eigenvalue weighted by molar-refractivity contribution is 0.100. The first-order valence-electron chi connectivity index (χ1n) is 7.33. The van der Waals surface area contributed by atoms with Crippen LogP contribution in [0.1, 0.15) is 31.1 Å². The predicted octanol–water partition coefficient (Wildman–Crippen LogP) is 2.53. The minimum Gasteiger partial charge on any atom is -0.383 e. The van der Waals surface area contributed by atoms with Crippen molar-refractivity contribution in [1.82, 2.24) is 14.8 Å². The van der Waals surface area contributed by atoms with Gasteiger partial charge in [-0.05, 0) is 32.9 Å². The molecule has 3 rings (SSSR count). The summed E-state index contributed by atoms with van der Waals surface area (Å²) >= 11 is 0. The van der Waals surface area contributed by atoms with Crippen molar-refractivity contribution in [3.05, 3.63) is 42.1 Å². The maximum absolute atomic E-state index is 11.9. The molecule has 6 heteroatoms. The van der Waals surface area contributed by atoms with E-state index in [0.29, 0.717) is 11.3 Å². The molecule has 0 saturated carbocycles. The predicted molar refractivity (Wildman–Crippen MR) is 90.9 cm³/mol. The molecular weight excluding hydrogens is 290 g/mol. The summed E-state index contributed by atoms with van der Waals surface area (Å²) in [6.45, 7) is 5.89. The fraction of sp³-hybridized carbons (Fsp3) is 0.235. The minimum atomic E-state index is -0.596. The highest BCUT2D eigenvalue weighted by Gasteiger charge is 2.27. The minimum absolute atomic E-state index is 0.233. The van der Waals surface area contributed by atoms with E-state index in [1.807, 2.05) is 51.1 Å². The van der Waals surface area contributed by atoms with E-state index in [2.05, 4.69) is 10.1 Å². The van der Waals surface area contributed by atoms with E-state index in [0.717, 1.165) is 10.9 Å². The number of carbonyl (C=O) groups is 1. The molecule has 0 spiro atoms. The summed E-state index contributed by atoms with van der Waals surface area (Å²) in [5.41, 5.74) is 13.6. The molecule has 0 aliphatic heterocycles. The van der Waals surface area contributed by atoms with Crippen LogP contribution in [0.25, 0.3) is 22.2 Å². The molecule has 0 bridgehead atoms. The molecule has 2 aromatic heterocycles. The first-order valence-corrected chi connectivity index (χ1v) is 7.33. The Labute approximate surface area is 134 Å². The first kappa shape index (κ1) is 15.0. The van der Waals surface area contributed by atoms with Crippen molar-refractivity contribution < 1.29 is 4.79 Å². The SMILES string of the molecule is CC(C)(C)n1nc(-c2cnc3ccccc3c2)c(C(N)=O)c1N. The van der Waals surface area contributed by atoms with Crippen LogP contribution >= 0.6 is 0 Å². The van der Waals surface area contributed by atoms with Crippen LogP contribution in [-0.4, -0.2) is 20.7 Å². The van der Waals surface area contributed by atoms with Crippen molar-refractivity contribution in [2.75, 3.05) is 5.73 Å².